The molecule has 0 aromatic heterocycles. The Labute approximate surface area is 102 Å². The minimum atomic E-state index is -0.825. The van der Waals surface area contributed by atoms with Crippen molar-refractivity contribution in [1.82, 2.24) is 5.32 Å². The Hall–Kier alpha value is -1.10. The zero-order chi connectivity index (χ0) is 12.8. The fourth-order valence-corrected chi connectivity index (χ4v) is 2.15. The van der Waals surface area contributed by atoms with Crippen molar-refractivity contribution in [2.24, 2.45) is 17.6 Å². The molecule has 1 rings (SSSR count). The SMILES string of the molecule is CC(CCNC(=O)C1CCCCC1N)C(=O)O. The number of carbonyl (C=O) groups excluding carboxylic acids is 1. The Morgan fingerprint density at radius 3 is 2.65 bits per heavy atom. The monoisotopic (exact) mass is 242 g/mol. The lowest BCUT2D eigenvalue weighted by Crippen LogP contribution is -2.44. The molecule has 1 saturated carbocycles. The van der Waals surface area contributed by atoms with Crippen molar-refractivity contribution in [2.75, 3.05) is 6.54 Å². The van der Waals surface area contributed by atoms with Gasteiger partial charge in [-0.1, -0.05) is 19.8 Å². The first-order valence-corrected chi connectivity index (χ1v) is 6.28. The number of nitrogens with two attached hydrogens (primary N) is 1. The van der Waals surface area contributed by atoms with Crippen LogP contribution in [0.2, 0.25) is 0 Å². The molecule has 0 bridgehead atoms. The molecule has 3 unspecified atom stereocenters. The van der Waals surface area contributed by atoms with Crippen LogP contribution in [0.4, 0.5) is 0 Å². The van der Waals surface area contributed by atoms with E-state index in [0.717, 1.165) is 25.7 Å². The van der Waals surface area contributed by atoms with Gasteiger partial charge in [-0.2, -0.15) is 0 Å². The number of carboxylic acids is 1. The van der Waals surface area contributed by atoms with E-state index in [2.05, 4.69) is 5.32 Å². The molecule has 0 aliphatic heterocycles. The van der Waals surface area contributed by atoms with Crippen LogP contribution in [-0.4, -0.2) is 29.6 Å². The van der Waals surface area contributed by atoms with E-state index < -0.39 is 11.9 Å². The van der Waals surface area contributed by atoms with Crippen molar-refractivity contribution in [2.45, 2.75) is 45.1 Å². The molecule has 0 aromatic rings. The largest absolute Gasteiger partial charge is 0.481 e. The van der Waals surface area contributed by atoms with E-state index in [9.17, 15) is 9.59 Å². The van der Waals surface area contributed by atoms with E-state index >= 15 is 0 Å². The average molecular weight is 242 g/mol. The molecule has 1 fully saturated rings. The molecule has 1 aliphatic rings. The molecule has 0 heterocycles. The fourth-order valence-electron chi connectivity index (χ4n) is 2.15. The summed E-state index contributed by atoms with van der Waals surface area (Å²) in [6, 6.07) is -0.0411. The van der Waals surface area contributed by atoms with E-state index in [-0.39, 0.29) is 17.9 Å². The summed E-state index contributed by atoms with van der Waals surface area (Å²) in [7, 11) is 0. The van der Waals surface area contributed by atoms with Crippen molar-refractivity contribution in [3.63, 3.8) is 0 Å². The summed E-state index contributed by atoms with van der Waals surface area (Å²) >= 11 is 0. The smallest absolute Gasteiger partial charge is 0.306 e. The van der Waals surface area contributed by atoms with Gasteiger partial charge in [-0.25, -0.2) is 0 Å². The number of carboxylic acid groups (broad SMARTS) is 1. The molecular formula is C12H22N2O3. The lowest BCUT2D eigenvalue weighted by atomic mass is 9.84. The van der Waals surface area contributed by atoms with Crippen molar-refractivity contribution in [3.8, 4) is 0 Å². The summed E-state index contributed by atoms with van der Waals surface area (Å²) in [5.41, 5.74) is 5.90. The molecule has 5 heteroatoms. The Balaban J connectivity index is 2.26. The third kappa shape index (κ3) is 4.34. The van der Waals surface area contributed by atoms with Gasteiger partial charge in [-0.05, 0) is 19.3 Å². The number of carbonyl (C=O) groups is 2. The zero-order valence-electron chi connectivity index (χ0n) is 10.3. The summed E-state index contributed by atoms with van der Waals surface area (Å²) in [5, 5.41) is 11.5. The summed E-state index contributed by atoms with van der Waals surface area (Å²) in [5.74, 6) is -1.36. The Morgan fingerprint density at radius 1 is 1.41 bits per heavy atom. The Morgan fingerprint density at radius 2 is 2.06 bits per heavy atom. The van der Waals surface area contributed by atoms with Crippen LogP contribution in [0.5, 0.6) is 0 Å². The highest BCUT2D eigenvalue weighted by Gasteiger charge is 2.27. The zero-order valence-corrected chi connectivity index (χ0v) is 10.3. The first kappa shape index (κ1) is 14.0. The fraction of sp³-hybridized carbons (Fsp3) is 0.833. The van der Waals surface area contributed by atoms with Crippen LogP contribution < -0.4 is 11.1 Å². The summed E-state index contributed by atoms with van der Waals surface area (Å²) in [6.45, 7) is 2.05. The molecular weight excluding hydrogens is 220 g/mol. The molecule has 0 saturated heterocycles. The predicted molar refractivity (Wildman–Crippen MR) is 64.4 cm³/mol. The van der Waals surface area contributed by atoms with Crippen LogP contribution in [0, 0.1) is 11.8 Å². The lowest BCUT2D eigenvalue weighted by Gasteiger charge is -2.27. The van der Waals surface area contributed by atoms with Gasteiger partial charge in [0.15, 0.2) is 0 Å². The van der Waals surface area contributed by atoms with Gasteiger partial charge in [-0.15, -0.1) is 0 Å². The molecule has 3 atom stereocenters. The quantitative estimate of drug-likeness (QED) is 0.662. The minimum Gasteiger partial charge on any atom is -0.481 e. The van der Waals surface area contributed by atoms with Gasteiger partial charge in [-0.3, -0.25) is 9.59 Å². The first-order chi connectivity index (χ1) is 8.02. The van der Waals surface area contributed by atoms with E-state index in [4.69, 9.17) is 10.8 Å². The van der Waals surface area contributed by atoms with Crippen molar-refractivity contribution in [3.05, 3.63) is 0 Å². The molecule has 1 aliphatic carbocycles. The van der Waals surface area contributed by atoms with Crippen LogP contribution in [0.25, 0.3) is 0 Å². The Kier molecular flexibility index (Phi) is 5.41. The second-order valence-corrected chi connectivity index (χ2v) is 4.87. The minimum absolute atomic E-state index is 0.0187. The number of nitrogens with one attached hydrogen (secondary N) is 1. The molecule has 0 radical (unpaired) electrons. The number of rotatable bonds is 5. The maximum absolute atomic E-state index is 11.8. The van der Waals surface area contributed by atoms with Crippen molar-refractivity contribution >= 4 is 11.9 Å². The Bertz CT molecular complexity index is 281. The maximum Gasteiger partial charge on any atom is 0.306 e. The molecule has 1 amide bonds. The van der Waals surface area contributed by atoms with Crippen LogP contribution >= 0.6 is 0 Å². The third-order valence-corrected chi connectivity index (χ3v) is 3.45. The van der Waals surface area contributed by atoms with Crippen molar-refractivity contribution < 1.29 is 14.7 Å². The number of hydrogen-bond donors (Lipinski definition) is 3. The van der Waals surface area contributed by atoms with Gasteiger partial charge in [0.25, 0.3) is 0 Å². The predicted octanol–water partition coefficient (Wildman–Crippen LogP) is 0.731. The molecule has 4 N–H and O–H groups in total. The topological polar surface area (TPSA) is 92.4 Å². The molecule has 5 nitrogen and oxygen atoms in total. The van der Waals surface area contributed by atoms with Gasteiger partial charge in [0, 0.05) is 12.6 Å². The van der Waals surface area contributed by atoms with Crippen molar-refractivity contribution in [1.29, 1.82) is 0 Å². The van der Waals surface area contributed by atoms with Gasteiger partial charge in [0.2, 0.25) is 5.91 Å². The third-order valence-electron chi connectivity index (χ3n) is 3.45. The van der Waals surface area contributed by atoms with Crippen LogP contribution in [0.1, 0.15) is 39.0 Å². The second-order valence-electron chi connectivity index (χ2n) is 4.87. The number of hydrogen-bond acceptors (Lipinski definition) is 3. The summed E-state index contributed by atoms with van der Waals surface area (Å²) in [6.07, 6.45) is 4.37. The van der Waals surface area contributed by atoms with Gasteiger partial charge >= 0.3 is 5.97 Å². The van der Waals surface area contributed by atoms with Crippen LogP contribution in [0.3, 0.4) is 0 Å². The first-order valence-electron chi connectivity index (χ1n) is 6.28. The highest BCUT2D eigenvalue weighted by Crippen LogP contribution is 2.22. The summed E-state index contributed by atoms with van der Waals surface area (Å²) in [4.78, 5) is 22.4. The van der Waals surface area contributed by atoms with Crippen LogP contribution in [0.15, 0.2) is 0 Å². The molecule has 17 heavy (non-hydrogen) atoms. The van der Waals surface area contributed by atoms with Gasteiger partial charge in [0.05, 0.1) is 11.8 Å². The molecule has 98 valence electrons. The van der Waals surface area contributed by atoms with Gasteiger partial charge in [0.1, 0.15) is 0 Å². The standard InChI is InChI=1S/C12H22N2O3/c1-8(12(16)17)6-7-14-11(15)9-4-2-3-5-10(9)13/h8-10H,2-7,13H2,1H3,(H,14,15)(H,16,17). The van der Waals surface area contributed by atoms with Crippen LogP contribution in [-0.2, 0) is 9.59 Å². The normalized spacial score (nSPS) is 26.2. The van der Waals surface area contributed by atoms with E-state index in [1.54, 1.807) is 6.92 Å². The summed E-state index contributed by atoms with van der Waals surface area (Å²) < 4.78 is 0. The second kappa shape index (κ2) is 6.59. The number of aliphatic carboxylic acids is 1. The molecule has 0 spiro atoms. The average Bonchev–Trinajstić information content (AvgIpc) is 2.29. The van der Waals surface area contributed by atoms with E-state index in [1.807, 2.05) is 0 Å². The number of amides is 1. The lowest BCUT2D eigenvalue weighted by molar-refractivity contribution is -0.141. The van der Waals surface area contributed by atoms with E-state index in [0.29, 0.717) is 13.0 Å². The van der Waals surface area contributed by atoms with Gasteiger partial charge < -0.3 is 16.2 Å². The molecule has 0 aromatic carbocycles. The maximum atomic E-state index is 11.8. The highest BCUT2D eigenvalue weighted by molar-refractivity contribution is 5.79. The van der Waals surface area contributed by atoms with E-state index in [1.165, 1.54) is 0 Å². The highest BCUT2D eigenvalue weighted by atomic mass is 16.4.